The van der Waals surface area contributed by atoms with Gasteiger partial charge in [-0.3, -0.25) is 14.2 Å². The molecule has 8 nitrogen and oxygen atoms in total. The smallest absolute Gasteiger partial charge is 0.291 e. The van der Waals surface area contributed by atoms with E-state index in [1.54, 1.807) is 40.1 Å². The number of amides is 1. The third-order valence-electron chi connectivity index (χ3n) is 3.43. The lowest BCUT2D eigenvalue weighted by atomic mass is 10.4. The first-order valence-electron chi connectivity index (χ1n) is 7.65. The number of aromatic nitrogens is 4. The first kappa shape index (κ1) is 16.0. The average Bonchev–Trinajstić information content (AvgIpc) is 3.27. The Balaban J connectivity index is 1.58. The van der Waals surface area contributed by atoms with Crippen LogP contribution in [0, 0.1) is 0 Å². The molecule has 0 saturated carbocycles. The number of carbonyl (C=O) groups is 1. The van der Waals surface area contributed by atoms with Gasteiger partial charge in [0.05, 0.1) is 25.0 Å². The van der Waals surface area contributed by atoms with Gasteiger partial charge in [-0.2, -0.15) is 10.2 Å². The Bertz CT molecular complexity index is 787. The lowest BCUT2D eigenvalue weighted by molar-refractivity contribution is 0.0994. The Morgan fingerprint density at radius 3 is 2.92 bits per heavy atom. The molecule has 0 bridgehead atoms. The monoisotopic (exact) mass is 328 g/mol. The van der Waals surface area contributed by atoms with Gasteiger partial charge in [-0.05, 0) is 32.3 Å². The number of rotatable bonds is 7. The highest BCUT2D eigenvalue weighted by atomic mass is 16.4. The molecule has 0 atom stereocenters. The Kier molecular flexibility index (Phi) is 4.76. The fourth-order valence-corrected chi connectivity index (χ4v) is 2.18. The van der Waals surface area contributed by atoms with Crippen LogP contribution >= 0.6 is 0 Å². The second-order valence-corrected chi connectivity index (χ2v) is 5.72. The van der Waals surface area contributed by atoms with E-state index in [-0.39, 0.29) is 11.7 Å². The minimum atomic E-state index is -0.297. The highest BCUT2D eigenvalue weighted by Crippen LogP contribution is 2.12. The van der Waals surface area contributed by atoms with Gasteiger partial charge < -0.3 is 14.6 Å². The molecule has 0 aliphatic rings. The Morgan fingerprint density at radius 2 is 2.17 bits per heavy atom. The van der Waals surface area contributed by atoms with Gasteiger partial charge in [-0.1, -0.05) is 0 Å². The number of carbonyl (C=O) groups excluding carboxylic acids is 1. The largest absolute Gasteiger partial charge is 0.454 e. The molecular weight excluding hydrogens is 308 g/mol. The number of anilines is 1. The molecule has 0 spiro atoms. The molecule has 0 aliphatic carbocycles. The van der Waals surface area contributed by atoms with Gasteiger partial charge in [0.25, 0.3) is 5.91 Å². The van der Waals surface area contributed by atoms with E-state index < -0.39 is 0 Å². The molecule has 3 aromatic heterocycles. The number of hydrogen-bond donors (Lipinski definition) is 1. The maximum Gasteiger partial charge on any atom is 0.291 e. The minimum absolute atomic E-state index is 0.262. The fraction of sp³-hybridized carbons (Fsp3) is 0.312. The third-order valence-corrected chi connectivity index (χ3v) is 3.43. The van der Waals surface area contributed by atoms with Crippen LogP contribution in [0.1, 0.15) is 16.3 Å². The molecule has 126 valence electrons. The van der Waals surface area contributed by atoms with Crippen LogP contribution < -0.4 is 5.32 Å². The highest BCUT2D eigenvalue weighted by molar-refractivity contribution is 6.02. The summed E-state index contributed by atoms with van der Waals surface area (Å²) in [5, 5.41) is 11.1. The van der Waals surface area contributed by atoms with Crippen LogP contribution in [-0.2, 0) is 13.1 Å². The summed E-state index contributed by atoms with van der Waals surface area (Å²) in [5.41, 5.74) is 0.642. The third kappa shape index (κ3) is 4.11. The van der Waals surface area contributed by atoms with Crippen molar-refractivity contribution in [2.45, 2.75) is 13.1 Å². The van der Waals surface area contributed by atoms with Crippen molar-refractivity contribution in [3.63, 3.8) is 0 Å². The maximum atomic E-state index is 12.2. The van der Waals surface area contributed by atoms with Crippen LogP contribution in [0.5, 0.6) is 0 Å². The van der Waals surface area contributed by atoms with Crippen molar-refractivity contribution in [1.29, 1.82) is 0 Å². The summed E-state index contributed by atoms with van der Waals surface area (Å²) < 4.78 is 9.09. The summed E-state index contributed by atoms with van der Waals surface area (Å²) in [5.74, 6) is 0.637. The second kappa shape index (κ2) is 7.14. The SMILES string of the molecule is CN(C)CCn1cc(NC(=O)c2ccc(Cn3cccn3)o2)cn1. The zero-order valence-electron chi connectivity index (χ0n) is 13.7. The molecule has 24 heavy (non-hydrogen) atoms. The van der Waals surface area contributed by atoms with Crippen molar-refractivity contribution in [3.05, 3.63) is 54.5 Å². The van der Waals surface area contributed by atoms with Gasteiger partial charge in [0.15, 0.2) is 5.76 Å². The zero-order chi connectivity index (χ0) is 16.9. The normalized spacial score (nSPS) is 11.1. The number of likely N-dealkylation sites (N-methyl/N-ethyl adjacent to an activating group) is 1. The predicted octanol–water partition coefficient (Wildman–Crippen LogP) is 1.53. The van der Waals surface area contributed by atoms with Crippen LogP contribution in [0.25, 0.3) is 0 Å². The van der Waals surface area contributed by atoms with E-state index in [0.717, 1.165) is 13.1 Å². The van der Waals surface area contributed by atoms with Crippen LogP contribution in [0.2, 0.25) is 0 Å². The molecule has 0 unspecified atom stereocenters. The van der Waals surface area contributed by atoms with Gasteiger partial charge in [0, 0.05) is 25.1 Å². The number of nitrogens with one attached hydrogen (secondary N) is 1. The molecular formula is C16H20N6O2. The van der Waals surface area contributed by atoms with Crippen molar-refractivity contribution in [3.8, 4) is 0 Å². The molecule has 3 heterocycles. The van der Waals surface area contributed by atoms with Crippen molar-refractivity contribution in [1.82, 2.24) is 24.5 Å². The number of furan rings is 1. The molecule has 3 aromatic rings. The topological polar surface area (TPSA) is 81.1 Å². The van der Waals surface area contributed by atoms with E-state index in [9.17, 15) is 4.79 Å². The van der Waals surface area contributed by atoms with Gasteiger partial charge >= 0.3 is 0 Å². The van der Waals surface area contributed by atoms with Gasteiger partial charge in [0.1, 0.15) is 5.76 Å². The van der Waals surface area contributed by atoms with E-state index in [1.165, 1.54) is 0 Å². The quantitative estimate of drug-likeness (QED) is 0.711. The lowest BCUT2D eigenvalue weighted by Gasteiger charge is -2.08. The molecule has 3 rings (SSSR count). The Labute approximate surface area is 139 Å². The number of nitrogens with zero attached hydrogens (tertiary/aromatic N) is 5. The first-order chi connectivity index (χ1) is 11.6. The van der Waals surface area contributed by atoms with Crippen LogP contribution in [-0.4, -0.2) is 51.0 Å². The van der Waals surface area contributed by atoms with Gasteiger partial charge in [-0.25, -0.2) is 0 Å². The summed E-state index contributed by atoms with van der Waals surface area (Å²) >= 11 is 0. The van der Waals surface area contributed by atoms with Crippen molar-refractivity contribution in [2.75, 3.05) is 26.0 Å². The Hall–Kier alpha value is -2.87. The van der Waals surface area contributed by atoms with E-state index in [4.69, 9.17) is 4.42 Å². The molecule has 1 amide bonds. The fourth-order valence-electron chi connectivity index (χ4n) is 2.18. The molecule has 8 heteroatoms. The second-order valence-electron chi connectivity index (χ2n) is 5.72. The van der Waals surface area contributed by atoms with Crippen molar-refractivity contribution in [2.24, 2.45) is 0 Å². The molecule has 0 aromatic carbocycles. The lowest BCUT2D eigenvalue weighted by Crippen LogP contribution is -2.18. The van der Waals surface area contributed by atoms with E-state index in [2.05, 4.69) is 20.4 Å². The summed E-state index contributed by atoms with van der Waals surface area (Å²) in [4.78, 5) is 14.3. The Morgan fingerprint density at radius 1 is 1.29 bits per heavy atom. The van der Waals surface area contributed by atoms with Gasteiger partial charge in [0.2, 0.25) is 0 Å². The van der Waals surface area contributed by atoms with E-state index >= 15 is 0 Å². The van der Waals surface area contributed by atoms with Crippen LogP contribution in [0.3, 0.4) is 0 Å². The molecule has 1 N–H and O–H groups in total. The average molecular weight is 328 g/mol. The van der Waals surface area contributed by atoms with Crippen LogP contribution in [0.4, 0.5) is 5.69 Å². The standard InChI is InChI=1S/C16H20N6O2/c1-20(2)8-9-22-11-13(10-18-22)19-16(23)15-5-4-14(24-15)12-21-7-3-6-17-21/h3-7,10-11H,8-9,12H2,1-2H3,(H,19,23). The molecule has 0 fully saturated rings. The summed E-state index contributed by atoms with van der Waals surface area (Å²) in [6.45, 7) is 2.13. The summed E-state index contributed by atoms with van der Waals surface area (Å²) in [6.07, 6.45) is 6.96. The van der Waals surface area contributed by atoms with Crippen molar-refractivity contribution < 1.29 is 9.21 Å². The van der Waals surface area contributed by atoms with Crippen LogP contribution in [0.15, 0.2) is 47.4 Å². The molecule has 0 saturated heterocycles. The molecule has 0 aliphatic heterocycles. The molecule has 0 radical (unpaired) electrons. The predicted molar refractivity (Wildman–Crippen MR) is 88.8 cm³/mol. The zero-order valence-corrected chi connectivity index (χ0v) is 13.7. The maximum absolute atomic E-state index is 12.2. The van der Waals surface area contributed by atoms with Crippen molar-refractivity contribution >= 4 is 11.6 Å². The van der Waals surface area contributed by atoms with E-state index in [1.807, 2.05) is 26.4 Å². The summed E-state index contributed by atoms with van der Waals surface area (Å²) in [6, 6.07) is 5.27. The van der Waals surface area contributed by atoms with Gasteiger partial charge in [-0.15, -0.1) is 0 Å². The highest BCUT2D eigenvalue weighted by Gasteiger charge is 2.13. The minimum Gasteiger partial charge on any atom is -0.454 e. The first-order valence-corrected chi connectivity index (χ1v) is 7.65. The summed E-state index contributed by atoms with van der Waals surface area (Å²) in [7, 11) is 4.01. The van der Waals surface area contributed by atoms with E-state index in [0.29, 0.717) is 18.0 Å². The number of hydrogen-bond acceptors (Lipinski definition) is 5.